The molecule has 1 aromatic heterocycles. The van der Waals surface area contributed by atoms with Crippen LogP contribution in [0, 0.1) is 40.4 Å². The van der Waals surface area contributed by atoms with E-state index in [9.17, 15) is 12.8 Å². The second-order valence-corrected chi connectivity index (χ2v) is 9.25. The van der Waals surface area contributed by atoms with Crippen molar-refractivity contribution in [2.45, 2.75) is 46.1 Å². The van der Waals surface area contributed by atoms with Gasteiger partial charge in [-0.25, -0.2) is 12.8 Å². The molecule has 0 aliphatic heterocycles. The molecule has 3 aromatic rings. The van der Waals surface area contributed by atoms with E-state index in [-0.39, 0.29) is 0 Å². The summed E-state index contributed by atoms with van der Waals surface area (Å²) in [6.07, 6.45) is 3.02. The van der Waals surface area contributed by atoms with Crippen LogP contribution in [0.1, 0.15) is 33.4 Å². The van der Waals surface area contributed by atoms with Gasteiger partial charge in [-0.3, -0.25) is 9.40 Å². The van der Waals surface area contributed by atoms with Crippen molar-refractivity contribution in [2.24, 2.45) is 0 Å². The van der Waals surface area contributed by atoms with Gasteiger partial charge in [0.05, 0.1) is 23.3 Å². The monoisotopic (exact) mass is 435 g/mol. The summed E-state index contributed by atoms with van der Waals surface area (Å²) in [5.74, 6) is -0.415. The van der Waals surface area contributed by atoms with Crippen LogP contribution in [0.5, 0.6) is 0 Å². The van der Waals surface area contributed by atoms with Crippen LogP contribution >= 0.6 is 11.6 Å². The van der Waals surface area contributed by atoms with Gasteiger partial charge in [-0.2, -0.15) is 5.10 Å². The fourth-order valence-electron chi connectivity index (χ4n) is 3.40. The zero-order valence-corrected chi connectivity index (χ0v) is 18.5. The first-order chi connectivity index (χ1) is 13.5. The third-order valence-electron chi connectivity index (χ3n) is 5.43. The van der Waals surface area contributed by atoms with Crippen LogP contribution in [0.4, 0.5) is 10.1 Å². The molecule has 0 spiro atoms. The van der Waals surface area contributed by atoms with Crippen LogP contribution < -0.4 is 4.72 Å². The van der Waals surface area contributed by atoms with Crippen LogP contribution in [-0.2, 0) is 16.6 Å². The second-order valence-electron chi connectivity index (χ2n) is 7.22. The number of rotatable bonds is 5. The molecule has 0 bridgehead atoms. The third-order valence-corrected chi connectivity index (χ3v) is 7.44. The van der Waals surface area contributed by atoms with Crippen molar-refractivity contribution in [3.05, 3.63) is 74.8 Å². The minimum absolute atomic E-state index is 0.291. The highest BCUT2D eigenvalue weighted by atomic mass is 35.5. The molecule has 1 heterocycles. The van der Waals surface area contributed by atoms with Crippen LogP contribution in [0.25, 0.3) is 0 Å². The van der Waals surface area contributed by atoms with E-state index in [4.69, 9.17) is 11.6 Å². The lowest BCUT2D eigenvalue weighted by molar-refractivity contribution is 0.599. The molecule has 0 aliphatic carbocycles. The van der Waals surface area contributed by atoms with E-state index in [2.05, 4.69) is 9.82 Å². The Morgan fingerprint density at radius 3 is 2.21 bits per heavy atom. The van der Waals surface area contributed by atoms with E-state index < -0.39 is 15.8 Å². The molecule has 29 heavy (non-hydrogen) atoms. The van der Waals surface area contributed by atoms with Crippen molar-refractivity contribution in [2.75, 3.05) is 4.72 Å². The molecule has 0 atom stereocenters. The summed E-state index contributed by atoms with van der Waals surface area (Å²) < 4.78 is 43.6. The summed E-state index contributed by atoms with van der Waals surface area (Å²) in [7, 11) is -3.79. The van der Waals surface area contributed by atoms with Crippen molar-refractivity contribution in [3.8, 4) is 0 Å². The molecule has 0 amide bonds. The number of aromatic nitrogens is 2. The lowest BCUT2D eigenvalue weighted by Gasteiger charge is -2.19. The standard InChI is InChI=1S/C21H23ClFN3O2S/c1-12-13(2)15(4)21(16(5)14(12)3)29(27,28)25-19-9-24-26(11-19)10-17-6-7-18(23)8-20(17)22/h6-9,11,25H,10H2,1-5H3. The van der Waals surface area contributed by atoms with E-state index in [1.807, 2.05) is 34.6 Å². The smallest absolute Gasteiger partial charge is 0.262 e. The zero-order chi connectivity index (χ0) is 21.5. The average molecular weight is 436 g/mol. The average Bonchev–Trinajstić information content (AvgIpc) is 3.06. The highest BCUT2D eigenvalue weighted by molar-refractivity contribution is 7.92. The van der Waals surface area contributed by atoms with Gasteiger partial charge in [-0.05, 0) is 80.1 Å². The summed E-state index contributed by atoms with van der Waals surface area (Å²) in [6, 6.07) is 4.13. The summed E-state index contributed by atoms with van der Waals surface area (Å²) in [4.78, 5) is 0.299. The van der Waals surface area contributed by atoms with Gasteiger partial charge in [-0.15, -0.1) is 0 Å². The van der Waals surface area contributed by atoms with Gasteiger partial charge in [-0.1, -0.05) is 17.7 Å². The molecule has 1 N–H and O–H groups in total. The molecule has 0 fully saturated rings. The number of halogens is 2. The summed E-state index contributed by atoms with van der Waals surface area (Å²) in [5, 5.41) is 4.48. The van der Waals surface area contributed by atoms with E-state index in [1.165, 1.54) is 18.3 Å². The molecule has 0 unspecified atom stereocenters. The summed E-state index contributed by atoms with van der Waals surface area (Å²) >= 11 is 6.06. The maximum atomic E-state index is 13.2. The fraction of sp³-hybridized carbons (Fsp3) is 0.286. The van der Waals surface area contributed by atoms with E-state index in [0.29, 0.717) is 27.7 Å². The van der Waals surface area contributed by atoms with E-state index in [0.717, 1.165) is 27.8 Å². The van der Waals surface area contributed by atoms with E-state index >= 15 is 0 Å². The van der Waals surface area contributed by atoms with Crippen LogP contribution in [0.3, 0.4) is 0 Å². The maximum absolute atomic E-state index is 13.2. The SMILES string of the molecule is Cc1c(C)c(C)c(S(=O)(=O)Nc2cnn(Cc3ccc(F)cc3Cl)c2)c(C)c1C. The third kappa shape index (κ3) is 4.16. The van der Waals surface area contributed by atoms with Gasteiger partial charge in [0.15, 0.2) is 0 Å². The topological polar surface area (TPSA) is 64.0 Å². The van der Waals surface area contributed by atoms with Crippen molar-refractivity contribution in [1.29, 1.82) is 0 Å². The molecule has 5 nitrogen and oxygen atoms in total. The first-order valence-corrected chi connectivity index (χ1v) is 10.9. The first kappa shape index (κ1) is 21.3. The number of nitrogens with zero attached hydrogens (tertiary/aromatic N) is 2. The van der Waals surface area contributed by atoms with Crippen LogP contribution in [0.15, 0.2) is 35.5 Å². The Bertz CT molecular complexity index is 1170. The lowest BCUT2D eigenvalue weighted by atomic mass is 9.95. The quantitative estimate of drug-likeness (QED) is 0.608. The second kappa shape index (κ2) is 7.80. The Balaban J connectivity index is 1.90. The number of nitrogens with one attached hydrogen (secondary N) is 1. The van der Waals surface area contributed by atoms with Crippen LogP contribution in [0.2, 0.25) is 5.02 Å². The predicted octanol–water partition coefficient (Wildman–Crippen LogP) is 5.07. The largest absolute Gasteiger partial charge is 0.276 e. The van der Waals surface area contributed by atoms with E-state index in [1.54, 1.807) is 16.9 Å². The summed E-state index contributed by atoms with van der Waals surface area (Å²) in [5.41, 5.74) is 5.54. The fourth-order valence-corrected chi connectivity index (χ4v) is 5.26. The van der Waals surface area contributed by atoms with Crippen molar-refractivity contribution in [3.63, 3.8) is 0 Å². The molecule has 0 saturated heterocycles. The molecule has 8 heteroatoms. The number of sulfonamides is 1. The minimum atomic E-state index is -3.79. The van der Waals surface area contributed by atoms with Gasteiger partial charge in [0.2, 0.25) is 0 Å². The molecular formula is C21H23ClFN3O2S. The Morgan fingerprint density at radius 1 is 1.03 bits per heavy atom. The zero-order valence-electron chi connectivity index (χ0n) is 17.0. The van der Waals surface area contributed by atoms with Crippen molar-refractivity contribution >= 4 is 27.3 Å². The number of hydrogen-bond acceptors (Lipinski definition) is 3. The Morgan fingerprint density at radius 2 is 1.62 bits per heavy atom. The van der Waals surface area contributed by atoms with Gasteiger partial charge in [0.25, 0.3) is 10.0 Å². The first-order valence-electron chi connectivity index (χ1n) is 9.07. The number of benzene rings is 2. The lowest BCUT2D eigenvalue weighted by Crippen LogP contribution is -2.17. The van der Waals surface area contributed by atoms with Crippen molar-refractivity contribution in [1.82, 2.24) is 9.78 Å². The Hall–Kier alpha value is -2.38. The molecule has 0 radical (unpaired) electrons. The molecule has 154 valence electrons. The normalized spacial score (nSPS) is 11.7. The minimum Gasteiger partial charge on any atom is -0.276 e. The van der Waals surface area contributed by atoms with Crippen LogP contribution in [-0.4, -0.2) is 18.2 Å². The molecule has 2 aromatic carbocycles. The van der Waals surface area contributed by atoms with Gasteiger partial charge in [0, 0.05) is 11.2 Å². The highest BCUT2D eigenvalue weighted by Crippen LogP contribution is 2.30. The maximum Gasteiger partial charge on any atom is 0.262 e. The molecular weight excluding hydrogens is 413 g/mol. The number of anilines is 1. The van der Waals surface area contributed by atoms with Gasteiger partial charge < -0.3 is 0 Å². The van der Waals surface area contributed by atoms with Gasteiger partial charge >= 0.3 is 0 Å². The summed E-state index contributed by atoms with van der Waals surface area (Å²) in [6.45, 7) is 9.80. The van der Waals surface area contributed by atoms with Gasteiger partial charge in [0.1, 0.15) is 5.82 Å². The Labute approximate surface area is 175 Å². The molecule has 0 aliphatic rings. The predicted molar refractivity (Wildman–Crippen MR) is 114 cm³/mol. The molecule has 3 rings (SSSR count). The van der Waals surface area contributed by atoms with Crippen molar-refractivity contribution < 1.29 is 12.8 Å². The molecule has 0 saturated carbocycles. The highest BCUT2D eigenvalue weighted by Gasteiger charge is 2.24. The Kier molecular flexibility index (Phi) is 5.74. The number of hydrogen-bond donors (Lipinski definition) is 1.